The number of hydrogen-bond acceptors (Lipinski definition) is 5. The first-order valence-corrected chi connectivity index (χ1v) is 8.49. The minimum atomic E-state index is -1.05. The fraction of sp³-hybridized carbons (Fsp3) is 0.238. The first-order valence-electron chi connectivity index (χ1n) is 8.49. The third kappa shape index (κ3) is 3.08. The van der Waals surface area contributed by atoms with Crippen LogP contribution in [0.15, 0.2) is 64.7 Å². The molecule has 0 amide bonds. The number of carbonyl (C=O) groups excluding carboxylic acids is 3. The van der Waals surface area contributed by atoms with Crippen molar-refractivity contribution in [1.82, 2.24) is 0 Å². The SMILES string of the molecule is CCN=C1C=CC(=C2C(=O)C(=O)C(c3ccc(N(C)C)cc3)C2=O)C=C1. The molecular weight excluding hydrogens is 328 g/mol. The standard InChI is InChI=1S/C21H20N2O3/c1-4-22-15-9-5-13(6-10-15)17-19(24)18(21(26)20(17)25)14-7-11-16(12-8-14)23(2)3/h5-12,18H,4H2,1-3H3. The zero-order valence-corrected chi connectivity index (χ0v) is 15.0. The van der Waals surface area contributed by atoms with Crippen molar-refractivity contribution in [2.45, 2.75) is 12.8 Å². The van der Waals surface area contributed by atoms with Crippen molar-refractivity contribution in [3.8, 4) is 0 Å². The number of Topliss-reactive ketones (excluding diaryl/α,β-unsaturated/α-hetero) is 3. The Morgan fingerprint density at radius 1 is 0.923 bits per heavy atom. The highest BCUT2D eigenvalue weighted by Crippen LogP contribution is 2.33. The van der Waals surface area contributed by atoms with E-state index in [1.807, 2.05) is 38.1 Å². The molecule has 0 N–H and O–H groups in total. The van der Waals surface area contributed by atoms with Crippen LogP contribution >= 0.6 is 0 Å². The number of benzene rings is 1. The summed E-state index contributed by atoms with van der Waals surface area (Å²) in [5.74, 6) is -2.85. The average Bonchev–Trinajstić information content (AvgIpc) is 2.85. The van der Waals surface area contributed by atoms with Gasteiger partial charge in [0, 0.05) is 26.3 Å². The van der Waals surface area contributed by atoms with Crippen LogP contribution in [0.5, 0.6) is 0 Å². The Kier molecular flexibility index (Phi) is 4.80. The highest BCUT2D eigenvalue weighted by Gasteiger charge is 2.46. The van der Waals surface area contributed by atoms with Crippen molar-refractivity contribution >= 4 is 28.7 Å². The molecule has 1 fully saturated rings. The quantitative estimate of drug-likeness (QED) is 0.364. The lowest BCUT2D eigenvalue weighted by molar-refractivity contribution is -0.133. The first kappa shape index (κ1) is 17.7. The molecule has 0 radical (unpaired) electrons. The highest BCUT2D eigenvalue weighted by atomic mass is 16.2. The molecule has 2 aliphatic rings. The molecule has 0 heterocycles. The van der Waals surface area contributed by atoms with Crippen LogP contribution in [0.3, 0.4) is 0 Å². The van der Waals surface area contributed by atoms with E-state index in [2.05, 4.69) is 4.99 Å². The van der Waals surface area contributed by atoms with Gasteiger partial charge in [-0.2, -0.15) is 0 Å². The summed E-state index contributed by atoms with van der Waals surface area (Å²) in [7, 11) is 3.82. The zero-order valence-electron chi connectivity index (χ0n) is 15.0. The molecule has 3 rings (SSSR count). The topological polar surface area (TPSA) is 66.8 Å². The third-order valence-corrected chi connectivity index (χ3v) is 4.46. The molecule has 1 aromatic rings. The average molecular weight is 348 g/mol. The van der Waals surface area contributed by atoms with E-state index in [1.54, 1.807) is 36.4 Å². The molecule has 1 unspecified atom stereocenters. The van der Waals surface area contributed by atoms with Crippen molar-refractivity contribution < 1.29 is 14.4 Å². The van der Waals surface area contributed by atoms with E-state index in [0.717, 1.165) is 11.4 Å². The summed E-state index contributed by atoms with van der Waals surface area (Å²) >= 11 is 0. The minimum absolute atomic E-state index is 0.0280. The van der Waals surface area contributed by atoms with E-state index in [-0.39, 0.29) is 5.57 Å². The number of ketones is 3. The number of aliphatic imine (C=N–C) groups is 1. The van der Waals surface area contributed by atoms with Gasteiger partial charge in [0.25, 0.3) is 0 Å². The van der Waals surface area contributed by atoms with Crippen molar-refractivity contribution in [2.75, 3.05) is 25.5 Å². The van der Waals surface area contributed by atoms with Gasteiger partial charge in [0.05, 0.1) is 11.3 Å². The Labute approximate surface area is 152 Å². The number of rotatable bonds is 3. The molecule has 1 atom stereocenters. The van der Waals surface area contributed by atoms with Crippen LogP contribution in [0.1, 0.15) is 18.4 Å². The summed E-state index contributed by atoms with van der Waals surface area (Å²) in [6.07, 6.45) is 6.83. The second-order valence-corrected chi connectivity index (χ2v) is 6.37. The number of hydrogen-bond donors (Lipinski definition) is 0. The van der Waals surface area contributed by atoms with Crippen molar-refractivity contribution in [1.29, 1.82) is 0 Å². The van der Waals surface area contributed by atoms with Crippen LogP contribution in [0.4, 0.5) is 5.69 Å². The maximum atomic E-state index is 12.8. The van der Waals surface area contributed by atoms with Gasteiger partial charge in [-0.25, -0.2) is 0 Å². The lowest BCUT2D eigenvalue weighted by atomic mass is 9.94. The molecule has 0 saturated heterocycles. The van der Waals surface area contributed by atoms with Crippen LogP contribution in [0, 0.1) is 0 Å². The van der Waals surface area contributed by atoms with E-state index >= 15 is 0 Å². The van der Waals surface area contributed by atoms with E-state index in [9.17, 15) is 14.4 Å². The molecule has 26 heavy (non-hydrogen) atoms. The van der Waals surface area contributed by atoms with Gasteiger partial charge >= 0.3 is 0 Å². The van der Waals surface area contributed by atoms with E-state index in [1.165, 1.54) is 0 Å². The van der Waals surface area contributed by atoms with Crippen LogP contribution in [-0.4, -0.2) is 43.7 Å². The Balaban J connectivity index is 1.96. The van der Waals surface area contributed by atoms with Crippen molar-refractivity contribution in [3.63, 3.8) is 0 Å². The molecule has 132 valence electrons. The summed E-state index contributed by atoms with van der Waals surface area (Å²) < 4.78 is 0. The van der Waals surface area contributed by atoms with Crippen LogP contribution in [0.25, 0.3) is 0 Å². The number of allylic oxidation sites excluding steroid dienone is 6. The molecule has 1 saturated carbocycles. The summed E-state index contributed by atoms with van der Waals surface area (Å²) in [5.41, 5.74) is 2.72. The normalized spacial score (nSPS) is 19.6. The summed E-state index contributed by atoms with van der Waals surface area (Å²) in [6, 6.07) is 7.13. The molecule has 2 aliphatic carbocycles. The van der Waals surface area contributed by atoms with Gasteiger partial charge in [-0.05, 0) is 42.3 Å². The van der Waals surface area contributed by atoms with Gasteiger partial charge in [-0.1, -0.05) is 24.3 Å². The van der Waals surface area contributed by atoms with E-state index in [0.29, 0.717) is 17.7 Å². The number of nitrogens with zero attached hydrogens (tertiary/aromatic N) is 2. The van der Waals surface area contributed by atoms with Crippen molar-refractivity contribution in [2.24, 2.45) is 4.99 Å². The molecule has 5 heteroatoms. The van der Waals surface area contributed by atoms with Gasteiger partial charge < -0.3 is 4.90 Å². The van der Waals surface area contributed by atoms with Crippen LogP contribution < -0.4 is 4.90 Å². The van der Waals surface area contributed by atoms with Gasteiger partial charge in [-0.3, -0.25) is 19.4 Å². The Hall–Kier alpha value is -3.08. The second kappa shape index (κ2) is 7.04. The number of anilines is 1. The number of carbonyl (C=O) groups is 3. The Bertz CT molecular complexity index is 882. The van der Waals surface area contributed by atoms with Crippen molar-refractivity contribution in [3.05, 3.63) is 65.3 Å². The third-order valence-electron chi connectivity index (χ3n) is 4.46. The first-order chi connectivity index (χ1) is 12.4. The molecule has 0 bridgehead atoms. The van der Waals surface area contributed by atoms with Gasteiger partial charge in [0.15, 0.2) is 5.78 Å². The Morgan fingerprint density at radius 3 is 2.08 bits per heavy atom. The predicted octanol–water partition coefficient (Wildman–Crippen LogP) is 2.44. The fourth-order valence-electron chi connectivity index (χ4n) is 3.09. The molecule has 0 spiro atoms. The van der Waals surface area contributed by atoms with Gasteiger partial charge in [-0.15, -0.1) is 0 Å². The highest BCUT2D eigenvalue weighted by molar-refractivity contribution is 6.61. The van der Waals surface area contributed by atoms with Crippen LogP contribution in [0.2, 0.25) is 0 Å². The summed E-state index contributed by atoms with van der Waals surface area (Å²) in [5, 5.41) is 0. The van der Waals surface area contributed by atoms with E-state index in [4.69, 9.17) is 0 Å². The van der Waals surface area contributed by atoms with Crippen LogP contribution in [-0.2, 0) is 14.4 Å². The zero-order chi connectivity index (χ0) is 18.8. The van der Waals surface area contributed by atoms with Gasteiger partial charge in [0.1, 0.15) is 5.92 Å². The molecule has 0 aromatic heterocycles. The maximum Gasteiger partial charge on any atom is 0.233 e. The monoisotopic (exact) mass is 348 g/mol. The molecule has 1 aromatic carbocycles. The molecular formula is C21H20N2O3. The summed E-state index contributed by atoms with van der Waals surface area (Å²) in [6.45, 7) is 2.58. The largest absolute Gasteiger partial charge is 0.378 e. The lowest BCUT2D eigenvalue weighted by Gasteiger charge is -2.13. The van der Waals surface area contributed by atoms with Gasteiger partial charge in [0.2, 0.25) is 11.6 Å². The Morgan fingerprint density at radius 2 is 1.54 bits per heavy atom. The van der Waals surface area contributed by atoms with E-state index < -0.39 is 23.3 Å². The molecule has 0 aliphatic heterocycles. The minimum Gasteiger partial charge on any atom is -0.378 e. The fourth-order valence-corrected chi connectivity index (χ4v) is 3.09. The maximum absolute atomic E-state index is 12.8. The second-order valence-electron chi connectivity index (χ2n) is 6.37. The predicted molar refractivity (Wildman–Crippen MR) is 102 cm³/mol. The smallest absolute Gasteiger partial charge is 0.233 e. The molecule has 5 nitrogen and oxygen atoms in total. The summed E-state index contributed by atoms with van der Waals surface area (Å²) in [4.78, 5) is 43.9. The lowest BCUT2D eigenvalue weighted by Crippen LogP contribution is -2.15.